The van der Waals surface area contributed by atoms with E-state index in [4.69, 9.17) is 4.98 Å². The van der Waals surface area contributed by atoms with Crippen LogP contribution in [0.15, 0.2) is 85.4 Å². The monoisotopic (exact) mass is 296 g/mol. The predicted molar refractivity (Wildman–Crippen MR) is 96.6 cm³/mol. The van der Waals surface area contributed by atoms with Gasteiger partial charge < -0.3 is 0 Å². The molecule has 2 heteroatoms. The van der Waals surface area contributed by atoms with E-state index in [1.165, 1.54) is 0 Å². The van der Waals surface area contributed by atoms with Gasteiger partial charge in [-0.25, -0.2) is 4.98 Å². The van der Waals surface area contributed by atoms with Gasteiger partial charge in [0.15, 0.2) is 0 Å². The Kier molecular flexibility index (Phi) is 3.28. The SMILES string of the molecule is C=Cc1ccc(-c2nc3ccccc3n2-c2ccccc2)cc1. The number of benzene rings is 3. The molecule has 1 aromatic heterocycles. The third-order valence-electron chi connectivity index (χ3n) is 3.98. The molecular formula is C21H16N2. The molecule has 4 rings (SSSR count). The Morgan fingerprint density at radius 1 is 0.783 bits per heavy atom. The molecule has 0 radical (unpaired) electrons. The summed E-state index contributed by atoms with van der Waals surface area (Å²) in [4.78, 5) is 4.85. The summed E-state index contributed by atoms with van der Waals surface area (Å²) in [5, 5.41) is 0. The van der Waals surface area contributed by atoms with Crippen molar-refractivity contribution in [3.63, 3.8) is 0 Å². The van der Waals surface area contributed by atoms with Crippen molar-refractivity contribution in [3.8, 4) is 17.1 Å². The van der Waals surface area contributed by atoms with Crippen LogP contribution < -0.4 is 0 Å². The summed E-state index contributed by atoms with van der Waals surface area (Å²) in [6, 6.07) is 26.9. The molecule has 0 fully saturated rings. The summed E-state index contributed by atoms with van der Waals surface area (Å²) in [5.74, 6) is 0.952. The van der Waals surface area contributed by atoms with Gasteiger partial charge in [-0.3, -0.25) is 4.57 Å². The van der Waals surface area contributed by atoms with Crippen LogP contribution in [0.3, 0.4) is 0 Å². The van der Waals surface area contributed by atoms with Crippen LogP contribution in [0.5, 0.6) is 0 Å². The van der Waals surface area contributed by atoms with Gasteiger partial charge in [0.05, 0.1) is 11.0 Å². The molecular weight excluding hydrogens is 280 g/mol. The lowest BCUT2D eigenvalue weighted by molar-refractivity contribution is 1.10. The molecule has 0 unspecified atom stereocenters. The maximum atomic E-state index is 4.85. The van der Waals surface area contributed by atoms with E-state index in [1.807, 2.05) is 24.3 Å². The highest BCUT2D eigenvalue weighted by Gasteiger charge is 2.13. The largest absolute Gasteiger partial charge is 0.292 e. The highest BCUT2D eigenvalue weighted by Crippen LogP contribution is 2.28. The molecule has 3 aromatic carbocycles. The Morgan fingerprint density at radius 3 is 2.22 bits per heavy atom. The second kappa shape index (κ2) is 5.58. The second-order valence-electron chi connectivity index (χ2n) is 5.42. The lowest BCUT2D eigenvalue weighted by atomic mass is 10.1. The van der Waals surface area contributed by atoms with Crippen molar-refractivity contribution in [2.24, 2.45) is 0 Å². The molecule has 1 heterocycles. The van der Waals surface area contributed by atoms with Crippen LogP contribution in [-0.2, 0) is 0 Å². The van der Waals surface area contributed by atoms with Gasteiger partial charge >= 0.3 is 0 Å². The maximum Gasteiger partial charge on any atom is 0.145 e. The lowest BCUT2D eigenvalue weighted by Gasteiger charge is -2.09. The maximum absolute atomic E-state index is 4.85. The van der Waals surface area contributed by atoms with Gasteiger partial charge in [0, 0.05) is 11.3 Å². The van der Waals surface area contributed by atoms with Crippen LogP contribution >= 0.6 is 0 Å². The molecule has 0 bridgehead atoms. The second-order valence-corrected chi connectivity index (χ2v) is 5.42. The first-order valence-corrected chi connectivity index (χ1v) is 7.62. The first-order valence-electron chi connectivity index (χ1n) is 7.62. The van der Waals surface area contributed by atoms with Gasteiger partial charge in [-0.1, -0.05) is 67.3 Å². The summed E-state index contributed by atoms with van der Waals surface area (Å²) in [5.41, 5.74) is 5.43. The number of rotatable bonds is 3. The van der Waals surface area contributed by atoms with E-state index >= 15 is 0 Å². The van der Waals surface area contributed by atoms with Crippen LogP contribution in [0.4, 0.5) is 0 Å². The fraction of sp³-hybridized carbons (Fsp3) is 0. The summed E-state index contributed by atoms with van der Waals surface area (Å²) in [6.45, 7) is 3.81. The molecule has 4 aromatic rings. The van der Waals surface area contributed by atoms with Gasteiger partial charge in [-0.2, -0.15) is 0 Å². The van der Waals surface area contributed by atoms with Crippen molar-refractivity contribution in [2.75, 3.05) is 0 Å². The van der Waals surface area contributed by atoms with E-state index in [2.05, 4.69) is 71.8 Å². The molecule has 0 N–H and O–H groups in total. The molecule has 23 heavy (non-hydrogen) atoms. The number of imidazole rings is 1. The molecule has 0 aliphatic heterocycles. The number of fused-ring (bicyclic) bond motifs is 1. The zero-order valence-electron chi connectivity index (χ0n) is 12.7. The van der Waals surface area contributed by atoms with Gasteiger partial charge in [0.2, 0.25) is 0 Å². The lowest BCUT2D eigenvalue weighted by Crippen LogP contribution is -1.97. The third-order valence-corrected chi connectivity index (χ3v) is 3.98. The minimum Gasteiger partial charge on any atom is -0.292 e. The molecule has 0 aliphatic rings. The molecule has 110 valence electrons. The number of hydrogen-bond acceptors (Lipinski definition) is 1. The van der Waals surface area contributed by atoms with E-state index in [9.17, 15) is 0 Å². The molecule has 0 aliphatic carbocycles. The van der Waals surface area contributed by atoms with Crippen molar-refractivity contribution in [1.29, 1.82) is 0 Å². The van der Waals surface area contributed by atoms with Crippen molar-refractivity contribution >= 4 is 17.1 Å². The minimum atomic E-state index is 0.952. The number of hydrogen-bond donors (Lipinski definition) is 0. The third kappa shape index (κ3) is 2.34. The standard InChI is InChI=1S/C21H16N2/c1-2-16-12-14-17(15-13-16)21-22-19-10-6-7-11-20(19)23(21)18-8-4-3-5-9-18/h2-15H,1H2. The predicted octanol–water partition coefficient (Wildman–Crippen LogP) is 5.34. The molecule has 0 spiro atoms. The van der Waals surface area contributed by atoms with Crippen LogP contribution in [0.2, 0.25) is 0 Å². The highest BCUT2D eigenvalue weighted by molar-refractivity contribution is 5.83. The topological polar surface area (TPSA) is 17.8 Å². The first-order chi connectivity index (χ1) is 11.4. The molecule has 0 amide bonds. The zero-order valence-corrected chi connectivity index (χ0v) is 12.7. The minimum absolute atomic E-state index is 0.952. The van der Waals surface area contributed by atoms with Crippen molar-refractivity contribution < 1.29 is 0 Å². The molecule has 0 atom stereocenters. The van der Waals surface area contributed by atoms with Gasteiger partial charge in [-0.15, -0.1) is 0 Å². The summed E-state index contributed by atoms with van der Waals surface area (Å²) in [7, 11) is 0. The van der Waals surface area contributed by atoms with Gasteiger partial charge in [0.25, 0.3) is 0 Å². The Morgan fingerprint density at radius 2 is 1.48 bits per heavy atom. The average molecular weight is 296 g/mol. The fourth-order valence-electron chi connectivity index (χ4n) is 2.83. The Hall–Kier alpha value is -3.13. The van der Waals surface area contributed by atoms with Crippen LogP contribution in [-0.4, -0.2) is 9.55 Å². The smallest absolute Gasteiger partial charge is 0.145 e. The Labute approximate surface area is 135 Å². The van der Waals surface area contributed by atoms with E-state index in [1.54, 1.807) is 0 Å². The fourth-order valence-corrected chi connectivity index (χ4v) is 2.83. The summed E-state index contributed by atoms with van der Waals surface area (Å²) < 4.78 is 2.21. The van der Waals surface area contributed by atoms with Crippen molar-refractivity contribution in [2.45, 2.75) is 0 Å². The highest BCUT2D eigenvalue weighted by atomic mass is 15.1. The van der Waals surface area contributed by atoms with Crippen molar-refractivity contribution in [1.82, 2.24) is 9.55 Å². The summed E-state index contributed by atoms with van der Waals surface area (Å²) in [6.07, 6.45) is 1.85. The van der Waals surface area contributed by atoms with Crippen LogP contribution in [0, 0.1) is 0 Å². The van der Waals surface area contributed by atoms with Crippen molar-refractivity contribution in [3.05, 3.63) is 91.0 Å². The normalized spacial score (nSPS) is 10.8. The zero-order chi connectivity index (χ0) is 15.6. The number of nitrogens with zero attached hydrogens (tertiary/aromatic N) is 2. The van der Waals surface area contributed by atoms with E-state index < -0.39 is 0 Å². The Balaban J connectivity index is 2.00. The number of aromatic nitrogens is 2. The summed E-state index contributed by atoms with van der Waals surface area (Å²) >= 11 is 0. The van der Waals surface area contributed by atoms with Crippen LogP contribution in [0.1, 0.15) is 5.56 Å². The Bertz CT molecular complexity index is 964. The van der Waals surface area contributed by atoms with Crippen LogP contribution in [0.25, 0.3) is 34.2 Å². The average Bonchev–Trinajstić information content (AvgIpc) is 3.02. The first kappa shape index (κ1) is 13.5. The van der Waals surface area contributed by atoms with E-state index in [0.29, 0.717) is 0 Å². The van der Waals surface area contributed by atoms with Gasteiger partial charge in [-0.05, 0) is 29.8 Å². The molecule has 0 saturated carbocycles. The van der Waals surface area contributed by atoms with E-state index in [0.717, 1.165) is 33.7 Å². The van der Waals surface area contributed by atoms with Gasteiger partial charge in [0.1, 0.15) is 5.82 Å². The quantitative estimate of drug-likeness (QED) is 0.499. The molecule has 2 nitrogen and oxygen atoms in total. The van der Waals surface area contributed by atoms with E-state index in [-0.39, 0.29) is 0 Å². The molecule has 0 saturated heterocycles. The number of para-hydroxylation sites is 3.